The summed E-state index contributed by atoms with van der Waals surface area (Å²) in [6.45, 7) is 2.55. The summed E-state index contributed by atoms with van der Waals surface area (Å²) in [6.07, 6.45) is 0. The van der Waals surface area contributed by atoms with Crippen molar-refractivity contribution >= 4 is 11.4 Å². The van der Waals surface area contributed by atoms with Gasteiger partial charge >= 0.3 is 0 Å². The average Bonchev–Trinajstić information content (AvgIpc) is 2.42. The second-order valence-electron chi connectivity index (χ2n) is 3.71. The van der Waals surface area contributed by atoms with E-state index < -0.39 is 0 Å². The molecule has 0 atom stereocenters. The number of hydrogen-bond donors (Lipinski definition) is 1. The number of nitriles is 1. The molecule has 1 N–H and O–H groups in total. The summed E-state index contributed by atoms with van der Waals surface area (Å²) >= 11 is 0. The zero-order valence-electron chi connectivity index (χ0n) is 10.2. The number of nitrogens with zero attached hydrogens (tertiary/aromatic N) is 1. The molecule has 2 aromatic rings. The lowest BCUT2D eigenvalue weighted by Crippen LogP contribution is -1.98. The Hall–Kier alpha value is -2.47. The molecule has 2 rings (SSSR count). The van der Waals surface area contributed by atoms with E-state index in [0.717, 1.165) is 17.1 Å². The van der Waals surface area contributed by atoms with Crippen LogP contribution in [0.15, 0.2) is 48.5 Å². The number of anilines is 2. The highest BCUT2D eigenvalue weighted by Gasteiger charge is 2.05. The van der Waals surface area contributed by atoms with Gasteiger partial charge in [0.25, 0.3) is 0 Å². The predicted octanol–water partition coefficient (Wildman–Crippen LogP) is 3.70. The smallest absolute Gasteiger partial charge is 0.142 e. The van der Waals surface area contributed by atoms with Gasteiger partial charge in [0.05, 0.1) is 23.5 Å². The zero-order chi connectivity index (χ0) is 12.8. The Balaban J connectivity index is 2.31. The Morgan fingerprint density at radius 3 is 2.44 bits per heavy atom. The number of rotatable bonds is 4. The van der Waals surface area contributed by atoms with E-state index in [-0.39, 0.29) is 0 Å². The molecule has 0 aliphatic carbocycles. The van der Waals surface area contributed by atoms with Crippen molar-refractivity contribution in [3.63, 3.8) is 0 Å². The van der Waals surface area contributed by atoms with Crippen molar-refractivity contribution in [2.45, 2.75) is 6.92 Å². The van der Waals surface area contributed by atoms with E-state index in [2.05, 4.69) is 11.4 Å². The molecule has 3 nitrogen and oxygen atoms in total. The third kappa shape index (κ3) is 2.61. The van der Waals surface area contributed by atoms with E-state index in [1.54, 1.807) is 6.07 Å². The van der Waals surface area contributed by atoms with Crippen molar-refractivity contribution in [2.75, 3.05) is 11.9 Å². The average molecular weight is 238 g/mol. The number of nitrogens with one attached hydrogen (secondary N) is 1. The molecule has 18 heavy (non-hydrogen) atoms. The first-order valence-electron chi connectivity index (χ1n) is 5.83. The Kier molecular flexibility index (Phi) is 3.83. The summed E-state index contributed by atoms with van der Waals surface area (Å²) in [5, 5.41) is 12.3. The minimum atomic E-state index is 0.610. The van der Waals surface area contributed by atoms with Crippen LogP contribution in [0.4, 0.5) is 11.4 Å². The van der Waals surface area contributed by atoms with E-state index in [1.807, 2.05) is 49.4 Å². The quantitative estimate of drug-likeness (QED) is 0.883. The highest BCUT2D eigenvalue weighted by atomic mass is 16.5. The van der Waals surface area contributed by atoms with Crippen molar-refractivity contribution in [1.82, 2.24) is 0 Å². The molecule has 0 aromatic heterocycles. The first-order valence-corrected chi connectivity index (χ1v) is 5.83. The summed E-state index contributed by atoms with van der Waals surface area (Å²) in [7, 11) is 0. The molecule has 0 amide bonds. The monoisotopic (exact) mass is 238 g/mol. The van der Waals surface area contributed by atoms with Crippen LogP contribution in [0.5, 0.6) is 5.75 Å². The van der Waals surface area contributed by atoms with Gasteiger partial charge in [0.2, 0.25) is 0 Å². The molecule has 0 saturated heterocycles. The highest BCUT2D eigenvalue weighted by molar-refractivity contribution is 5.70. The summed E-state index contributed by atoms with van der Waals surface area (Å²) in [4.78, 5) is 0. The standard InChI is InChI=1S/C15H14N2O/c1-2-18-15-10-6-5-9-14(15)17-13-8-4-3-7-12(13)11-16/h3-10,17H,2H2,1H3. The molecule has 0 spiro atoms. The molecule has 3 heteroatoms. The van der Waals surface area contributed by atoms with Gasteiger partial charge in [-0.3, -0.25) is 0 Å². The maximum Gasteiger partial charge on any atom is 0.142 e. The van der Waals surface area contributed by atoms with E-state index in [0.29, 0.717) is 12.2 Å². The molecule has 0 aliphatic heterocycles. The Morgan fingerprint density at radius 1 is 1.06 bits per heavy atom. The highest BCUT2D eigenvalue weighted by Crippen LogP contribution is 2.28. The fourth-order valence-electron chi connectivity index (χ4n) is 1.69. The van der Waals surface area contributed by atoms with Crippen LogP contribution in [0, 0.1) is 11.3 Å². The minimum absolute atomic E-state index is 0.610. The largest absolute Gasteiger partial charge is 0.492 e. The van der Waals surface area contributed by atoms with Crippen LogP contribution in [0.3, 0.4) is 0 Å². The van der Waals surface area contributed by atoms with Gasteiger partial charge in [0.15, 0.2) is 0 Å². The number of para-hydroxylation sites is 3. The van der Waals surface area contributed by atoms with Crippen LogP contribution in [0.2, 0.25) is 0 Å². The number of hydrogen-bond acceptors (Lipinski definition) is 3. The van der Waals surface area contributed by atoms with E-state index in [9.17, 15) is 0 Å². The minimum Gasteiger partial charge on any atom is -0.492 e. The molecule has 0 saturated carbocycles. The fourth-order valence-corrected chi connectivity index (χ4v) is 1.69. The van der Waals surface area contributed by atoms with Crippen LogP contribution in [-0.2, 0) is 0 Å². The molecule has 0 heterocycles. The topological polar surface area (TPSA) is 45.0 Å². The number of benzene rings is 2. The molecule has 0 radical (unpaired) electrons. The fraction of sp³-hybridized carbons (Fsp3) is 0.133. The normalized spacial score (nSPS) is 9.56. The van der Waals surface area contributed by atoms with E-state index in [1.165, 1.54) is 0 Å². The summed E-state index contributed by atoms with van der Waals surface area (Å²) in [6, 6.07) is 17.3. The van der Waals surface area contributed by atoms with Crippen LogP contribution in [0.1, 0.15) is 12.5 Å². The third-order valence-corrected chi connectivity index (χ3v) is 2.50. The maximum atomic E-state index is 9.05. The van der Waals surface area contributed by atoms with Crippen LogP contribution in [-0.4, -0.2) is 6.61 Å². The first kappa shape index (κ1) is 12.0. The third-order valence-electron chi connectivity index (χ3n) is 2.50. The van der Waals surface area contributed by atoms with Gasteiger partial charge in [-0.05, 0) is 31.2 Å². The Bertz CT molecular complexity index is 573. The van der Waals surface area contributed by atoms with Crippen molar-refractivity contribution in [3.8, 4) is 11.8 Å². The lowest BCUT2D eigenvalue weighted by molar-refractivity contribution is 0.342. The zero-order valence-corrected chi connectivity index (χ0v) is 10.2. The summed E-state index contributed by atoms with van der Waals surface area (Å²) < 4.78 is 5.54. The molecule has 90 valence electrons. The first-order chi connectivity index (χ1) is 8.85. The molecule has 0 aliphatic rings. The Morgan fingerprint density at radius 2 is 1.72 bits per heavy atom. The van der Waals surface area contributed by atoms with Crippen LogP contribution >= 0.6 is 0 Å². The second-order valence-corrected chi connectivity index (χ2v) is 3.71. The van der Waals surface area contributed by atoms with Gasteiger partial charge in [0.1, 0.15) is 11.8 Å². The van der Waals surface area contributed by atoms with Crippen molar-refractivity contribution < 1.29 is 4.74 Å². The SMILES string of the molecule is CCOc1ccccc1Nc1ccccc1C#N. The van der Waals surface area contributed by atoms with E-state index >= 15 is 0 Å². The van der Waals surface area contributed by atoms with Gasteiger partial charge in [0, 0.05) is 0 Å². The van der Waals surface area contributed by atoms with E-state index in [4.69, 9.17) is 10.00 Å². The van der Waals surface area contributed by atoms with Crippen molar-refractivity contribution in [1.29, 1.82) is 5.26 Å². The van der Waals surface area contributed by atoms with Crippen molar-refractivity contribution in [2.24, 2.45) is 0 Å². The molecule has 0 unspecified atom stereocenters. The molecule has 0 fully saturated rings. The lowest BCUT2D eigenvalue weighted by Gasteiger charge is -2.12. The molecule has 2 aromatic carbocycles. The predicted molar refractivity (Wildman–Crippen MR) is 72.1 cm³/mol. The summed E-state index contributed by atoms with van der Waals surface area (Å²) in [5.41, 5.74) is 2.26. The lowest BCUT2D eigenvalue weighted by atomic mass is 10.2. The molecule has 0 bridgehead atoms. The van der Waals surface area contributed by atoms with Crippen molar-refractivity contribution in [3.05, 3.63) is 54.1 Å². The molecular formula is C15H14N2O. The second kappa shape index (κ2) is 5.74. The van der Waals surface area contributed by atoms with Gasteiger partial charge in [-0.25, -0.2) is 0 Å². The van der Waals surface area contributed by atoms with Gasteiger partial charge in [-0.1, -0.05) is 24.3 Å². The molecular weight excluding hydrogens is 224 g/mol. The number of ether oxygens (including phenoxy) is 1. The van der Waals surface area contributed by atoms with Gasteiger partial charge in [-0.2, -0.15) is 5.26 Å². The van der Waals surface area contributed by atoms with Crippen LogP contribution < -0.4 is 10.1 Å². The van der Waals surface area contributed by atoms with Gasteiger partial charge in [-0.15, -0.1) is 0 Å². The van der Waals surface area contributed by atoms with Gasteiger partial charge < -0.3 is 10.1 Å². The van der Waals surface area contributed by atoms with Crippen LogP contribution in [0.25, 0.3) is 0 Å². The maximum absolute atomic E-state index is 9.05. The summed E-state index contributed by atoms with van der Waals surface area (Å²) in [5.74, 6) is 0.785. The Labute approximate surface area is 107 Å².